The van der Waals surface area contributed by atoms with Gasteiger partial charge >= 0.3 is 0 Å². The number of hydrogen-bond acceptors (Lipinski definition) is 0. The summed E-state index contributed by atoms with van der Waals surface area (Å²) >= 11 is 0. The van der Waals surface area contributed by atoms with Crippen LogP contribution in [0.4, 0.5) is 0 Å². The van der Waals surface area contributed by atoms with Gasteiger partial charge in [0, 0.05) is 0 Å². The van der Waals surface area contributed by atoms with Gasteiger partial charge in [-0.3, -0.25) is 0 Å². The van der Waals surface area contributed by atoms with E-state index in [-0.39, 0.29) is 0 Å². The highest BCUT2D eigenvalue weighted by molar-refractivity contribution is 7.04. The number of rotatable bonds is 3. The third kappa shape index (κ3) is 4.51. The fraction of sp³-hybridized carbons (Fsp3) is 0.400. The standard InChI is InChI=1S/C15H24Si2/c1-16(2,3)15(17(4,5)6)13-12-14-10-8-7-9-11-14/h7-12H,1-6H3. The average molecular weight is 261 g/mol. The predicted molar refractivity (Wildman–Crippen MR) is 84.6 cm³/mol. The third-order valence-corrected chi connectivity index (χ3v) is 10.5. The van der Waals surface area contributed by atoms with Gasteiger partial charge < -0.3 is 0 Å². The van der Waals surface area contributed by atoms with Crippen molar-refractivity contribution in [3.8, 4) is 0 Å². The van der Waals surface area contributed by atoms with Gasteiger partial charge in [-0.1, -0.05) is 74.4 Å². The maximum absolute atomic E-state index is 3.63. The monoisotopic (exact) mass is 260 g/mol. The Balaban J connectivity index is 3.21. The second-order valence-electron chi connectivity index (χ2n) is 6.57. The van der Waals surface area contributed by atoms with Crippen LogP contribution in [0.15, 0.2) is 40.9 Å². The summed E-state index contributed by atoms with van der Waals surface area (Å²) in [6, 6.07) is 10.5. The highest BCUT2D eigenvalue weighted by atomic mass is 28.4. The molecule has 0 aromatic heterocycles. The molecule has 0 amide bonds. The molecule has 1 aromatic carbocycles. The van der Waals surface area contributed by atoms with E-state index in [4.69, 9.17) is 0 Å². The van der Waals surface area contributed by atoms with E-state index in [1.807, 2.05) is 0 Å². The Hall–Kier alpha value is -0.826. The van der Waals surface area contributed by atoms with Crippen molar-refractivity contribution in [2.75, 3.05) is 0 Å². The van der Waals surface area contributed by atoms with Gasteiger partial charge in [0.25, 0.3) is 0 Å². The minimum atomic E-state index is -1.24. The predicted octanol–water partition coefficient (Wildman–Crippen LogP) is 4.98. The zero-order chi connectivity index (χ0) is 13.1. The Morgan fingerprint density at radius 2 is 1.35 bits per heavy atom. The molecule has 0 unspecified atom stereocenters. The normalized spacial score (nSPS) is 11.9. The summed E-state index contributed by atoms with van der Waals surface area (Å²) in [6.45, 7) is 14.5. The van der Waals surface area contributed by atoms with Gasteiger partial charge in [0.1, 0.15) is 0 Å². The minimum Gasteiger partial charge on any atom is -0.130 e. The molecule has 0 aliphatic carbocycles. The van der Waals surface area contributed by atoms with Crippen LogP contribution in [0.2, 0.25) is 39.3 Å². The van der Waals surface area contributed by atoms with Crippen LogP contribution in [0, 0.1) is 0 Å². The third-order valence-electron chi connectivity index (χ3n) is 2.68. The lowest BCUT2D eigenvalue weighted by molar-refractivity contribution is 1.63. The largest absolute Gasteiger partial charge is 0.130 e. The lowest BCUT2D eigenvalue weighted by Gasteiger charge is -2.29. The van der Waals surface area contributed by atoms with Crippen molar-refractivity contribution in [1.29, 1.82) is 0 Å². The summed E-state index contributed by atoms with van der Waals surface area (Å²) < 4.78 is 0. The van der Waals surface area contributed by atoms with Gasteiger partial charge in [-0.2, -0.15) is 0 Å². The van der Waals surface area contributed by atoms with Crippen molar-refractivity contribution >= 4 is 22.2 Å². The van der Waals surface area contributed by atoms with Crippen molar-refractivity contribution in [2.24, 2.45) is 0 Å². The molecule has 0 atom stereocenters. The summed E-state index contributed by atoms with van der Waals surface area (Å²) in [7, 11) is -2.48. The smallest absolute Gasteiger partial charge is 0.0773 e. The molecule has 0 saturated carbocycles. The topological polar surface area (TPSA) is 0 Å². The Bertz CT molecular complexity index is 408. The Morgan fingerprint density at radius 1 is 0.882 bits per heavy atom. The van der Waals surface area contributed by atoms with Crippen LogP contribution < -0.4 is 0 Å². The maximum atomic E-state index is 3.63. The lowest BCUT2D eigenvalue weighted by atomic mass is 10.2. The van der Waals surface area contributed by atoms with Gasteiger partial charge in [0.05, 0.1) is 16.1 Å². The molecule has 0 spiro atoms. The van der Waals surface area contributed by atoms with Gasteiger partial charge in [-0.05, 0) is 11.6 Å². The van der Waals surface area contributed by atoms with Crippen molar-refractivity contribution in [3.63, 3.8) is 0 Å². The van der Waals surface area contributed by atoms with E-state index in [1.165, 1.54) is 5.56 Å². The Labute approximate surface area is 108 Å². The van der Waals surface area contributed by atoms with E-state index in [0.29, 0.717) is 0 Å². The van der Waals surface area contributed by atoms with E-state index in [9.17, 15) is 0 Å². The van der Waals surface area contributed by atoms with E-state index >= 15 is 0 Å². The summed E-state index contributed by atoms with van der Waals surface area (Å²) in [6.07, 6.45) is 2.16. The van der Waals surface area contributed by atoms with Crippen LogP contribution in [0.3, 0.4) is 0 Å². The quantitative estimate of drug-likeness (QED) is 0.531. The molecule has 1 aromatic rings. The first-order chi connectivity index (χ1) is 7.71. The fourth-order valence-corrected chi connectivity index (χ4v) is 12.3. The molecule has 0 aliphatic heterocycles. The minimum absolute atomic E-state index is 1.24. The summed E-state index contributed by atoms with van der Waals surface area (Å²) in [5.41, 5.74) is 4.88. The first-order valence-electron chi connectivity index (χ1n) is 6.24. The van der Waals surface area contributed by atoms with E-state index < -0.39 is 16.1 Å². The molecule has 92 valence electrons. The molecular formula is C15H24Si2. The summed E-state index contributed by atoms with van der Waals surface area (Å²) in [5, 5.41) is 0. The Morgan fingerprint density at radius 3 is 1.76 bits per heavy atom. The van der Waals surface area contributed by atoms with E-state index in [0.717, 1.165) is 0 Å². The summed E-state index contributed by atoms with van der Waals surface area (Å²) in [4.78, 5) is 1.63. The molecule has 1 rings (SSSR count). The van der Waals surface area contributed by atoms with Crippen molar-refractivity contribution in [1.82, 2.24) is 0 Å². The van der Waals surface area contributed by atoms with E-state index in [2.05, 4.69) is 81.4 Å². The van der Waals surface area contributed by atoms with Gasteiger partial charge in [-0.25, -0.2) is 0 Å². The van der Waals surface area contributed by atoms with Gasteiger partial charge in [-0.15, -0.1) is 5.73 Å². The molecule has 0 nitrogen and oxygen atoms in total. The van der Waals surface area contributed by atoms with Crippen molar-refractivity contribution < 1.29 is 0 Å². The molecule has 0 heterocycles. The molecule has 0 radical (unpaired) electrons. The fourth-order valence-electron chi connectivity index (χ4n) is 2.26. The first kappa shape index (κ1) is 14.2. The molecule has 2 heteroatoms. The molecule has 0 saturated heterocycles. The maximum Gasteiger partial charge on any atom is 0.0773 e. The van der Waals surface area contributed by atoms with Crippen LogP contribution in [-0.4, -0.2) is 16.1 Å². The van der Waals surface area contributed by atoms with Gasteiger partial charge in [0.15, 0.2) is 0 Å². The molecule has 0 N–H and O–H groups in total. The molecule has 0 aliphatic rings. The second kappa shape index (κ2) is 5.22. The molecular weight excluding hydrogens is 236 g/mol. The molecule has 17 heavy (non-hydrogen) atoms. The van der Waals surface area contributed by atoms with Crippen molar-refractivity contribution in [3.05, 3.63) is 46.4 Å². The van der Waals surface area contributed by atoms with Crippen LogP contribution >= 0.6 is 0 Å². The van der Waals surface area contributed by atoms with Crippen molar-refractivity contribution in [2.45, 2.75) is 39.3 Å². The first-order valence-corrected chi connectivity index (χ1v) is 13.2. The van der Waals surface area contributed by atoms with Crippen LogP contribution in [0.1, 0.15) is 5.56 Å². The SMILES string of the molecule is C[Si](C)(C)C(=C=Cc1ccccc1)[Si](C)(C)C. The highest BCUT2D eigenvalue weighted by Crippen LogP contribution is 2.24. The Kier molecular flexibility index (Phi) is 4.37. The highest BCUT2D eigenvalue weighted by Gasteiger charge is 2.30. The average Bonchev–Trinajstić information content (AvgIpc) is 2.15. The zero-order valence-electron chi connectivity index (χ0n) is 12.0. The number of benzene rings is 1. The van der Waals surface area contributed by atoms with Crippen LogP contribution in [0.25, 0.3) is 6.08 Å². The summed E-state index contributed by atoms with van der Waals surface area (Å²) in [5.74, 6) is 0. The molecule has 0 fully saturated rings. The zero-order valence-corrected chi connectivity index (χ0v) is 14.0. The second-order valence-corrected chi connectivity index (χ2v) is 17.1. The number of hydrogen-bond donors (Lipinski definition) is 0. The van der Waals surface area contributed by atoms with Crippen LogP contribution in [-0.2, 0) is 0 Å². The molecule has 0 bridgehead atoms. The lowest BCUT2D eigenvalue weighted by Crippen LogP contribution is -2.39. The van der Waals surface area contributed by atoms with Crippen LogP contribution in [0.5, 0.6) is 0 Å². The van der Waals surface area contributed by atoms with Gasteiger partial charge in [0.2, 0.25) is 0 Å². The van der Waals surface area contributed by atoms with E-state index in [1.54, 1.807) is 4.82 Å².